The van der Waals surface area contributed by atoms with Gasteiger partial charge in [0, 0.05) is 11.6 Å². The zero-order valence-corrected chi connectivity index (χ0v) is 11.5. The van der Waals surface area contributed by atoms with Crippen LogP contribution in [0.4, 0.5) is 4.39 Å². The minimum absolute atomic E-state index is 0.184. The molecule has 18 heavy (non-hydrogen) atoms. The lowest BCUT2D eigenvalue weighted by molar-refractivity contribution is -0.0164. The minimum Gasteiger partial charge on any atom is -0.491 e. The summed E-state index contributed by atoms with van der Waals surface area (Å²) in [7, 11) is 0. The van der Waals surface area contributed by atoms with E-state index in [9.17, 15) is 4.39 Å². The van der Waals surface area contributed by atoms with Crippen LogP contribution in [0.5, 0.6) is 5.75 Å². The Kier molecular flexibility index (Phi) is 5.11. The molecule has 4 heteroatoms. The molecule has 0 bridgehead atoms. The van der Waals surface area contributed by atoms with Crippen LogP contribution in [0.2, 0.25) is 0 Å². The van der Waals surface area contributed by atoms with Gasteiger partial charge in [0.05, 0.1) is 12.2 Å². The summed E-state index contributed by atoms with van der Waals surface area (Å²) in [5.41, 5.74) is 6.27. The maximum absolute atomic E-state index is 13.1. The van der Waals surface area contributed by atoms with Crippen molar-refractivity contribution in [2.24, 2.45) is 5.73 Å². The van der Waals surface area contributed by atoms with Crippen LogP contribution in [-0.4, -0.2) is 18.8 Å². The standard InChI is InChI=1S/C14H22FNO2/c1-10(16)12-9-11(15)5-6-13(12)17-7-8-18-14(2,3)4/h5-6,9-10H,7-8,16H2,1-4H3/t10-/m0/s1. The van der Waals surface area contributed by atoms with Gasteiger partial charge in [-0.3, -0.25) is 0 Å². The molecule has 0 aromatic heterocycles. The number of ether oxygens (including phenoxy) is 2. The molecule has 3 nitrogen and oxygen atoms in total. The van der Waals surface area contributed by atoms with E-state index in [0.29, 0.717) is 24.5 Å². The minimum atomic E-state index is -0.305. The Morgan fingerprint density at radius 2 is 1.94 bits per heavy atom. The van der Waals surface area contributed by atoms with Crippen LogP contribution in [0, 0.1) is 5.82 Å². The quantitative estimate of drug-likeness (QED) is 0.822. The molecule has 0 saturated heterocycles. The topological polar surface area (TPSA) is 44.5 Å². The third-order valence-corrected chi connectivity index (χ3v) is 2.34. The van der Waals surface area contributed by atoms with Crippen molar-refractivity contribution in [2.45, 2.75) is 39.3 Å². The molecule has 0 spiro atoms. The number of benzene rings is 1. The van der Waals surface area contributed by atoms with Crippen LogP contribution >= 0.6 is 0 Å². The summed E-state index contributed by atoms with van der Waals surface area (Å²) in [6, 6.07) is 4.11. The molecule has 0 saturated carbocycles. The summed E-state index contributed by atoms with van der Waals surface area (Å²) in [4.78, 5) is 0. The van der Waals surface area contributed by atoms with Crippen molar-refractivity contribution in [1.82, 2.24) is 0 Å². The number of hydrogen-bond acceptors (Lipinski definition) is 3. The number of nitrogens with two attached hydrogens (primary N) is 1. The Morgan fingerprint density at radius 3 is 2.50 bits per heavy atom. The van der Waals surface area contributed by atoms with Gasteiger partial charge in [0.2, 0.25) is 0 Å². The lowest BCUT2D eigenvalue weighted by Crippen LogP contribution is -2.22. The number of halogens is 1. The largest absolute Gasteiger partial charge is 0.491 e. The summed E-state index contributed by atoms with van der Waals surface area (Å²) < 4.78 is 24.2. The Morgan fingerprint density at radius 1 is 1.28 bits per heavy atom. The van der Waals surface area contributed by atoms with Crippen molar-refractivity contribution in [2.75, 3.05) is 13.2 Å². The van der Waals surface area contributed by atoms with Crippen molar-refractivity contribution >= 4 is 0 Å². The molecule has 0 aliphatic rings. The van der Waals surface area contributed by atoms with Crippen molar-refractivity contribution in [3.8, 4) is 5.75 Å². The van der Waals surface area contributed by atoms with Gasteiger partial charge in [0.1, 0.15) is 18.2 Å². The average molecular weight is 255 g/mol. The maximum Gasteiger partial charge on any atom is 0.124 e. The molecule has 0 aliphatic carbocycles. The monoisotopic (exact) mass is 255 g/mol. The normalized spacial score (nSPS) is 13.4. The van der Waals surface area contributed by atoms with Gasteiger partial charge in [0.25, 0.3) is 0 Å². The van der Waals surface area contributed by atoms with Crippen LogP contribution in [0.25, 0.3) is 0 Å². The smallest absolute Gasteiger partial charge is 0.124 e. The van der Waals surface area contributed by atoms with E-state index in [1.165, 1.54) is 12.1 Å². The molecule has 0 amide bonds. The zero-order chi connectivity index (χ0) is 13.8. The van der Waals surface area contributed by atoms with E-state index in [2.05, 4.69) is 0 Å². The van der Waals surface area contributed by atoms with E-state index in [-0.39, 0.29) is 17.5 Å². The second kappa shape index (κ2) is 6.16. The summed E-state index contributed by atoms with van der Waals surface area (Å²) in [6.07, 6.45) is 0. The molecule has 102 valence electrons. The van der Waals surface area contributed by atoms with Crippen molar-refractivity contribution in [3.63, 3.8) is 0 Å². The Labute approximate surface area is 108 Å². The van der Waals surface area contributed by atoms with E-state index >= 15 is 0 Å². The van der Waals surface area contributed by atoms with Crippen LogP contribution in [0.1, 0.15) is 39.3 Å². The molecule has 0 radical (unpaired) electrons. The maximum atomic E-state index is 13.1. The first-order valence-corrected chi connectivity index (χ1v) is 6.11. The van der Waals surface area contributed by atoms with Crippen molar-refractivity contribution in [3.05, 3.63) is 29.6 Å². The van der Waals surface area contributed by atoms with Gasteiger partial charge >= 0.3 is 0 Å². The van der Waals surface area contributed by atoms with Crippen LogP contribution < -0.4 is 10.5 Å². The fourth-order valence-electron chi connectivity index (χ4n) is 1.51. The van der Waals surface area contributed by atoms with Crippen LogP contribution in [0.3, 0.4) is 0 Å². The third-order valence-electron chi connectivity index (χ3n) is 2.34. The highest BCUT2D eigenvalue weighted by molar-refractivity contribution is 5.36. The van der Waals surface area contributed by atoms with E-state index in [1.807, 2.05) is 20.8 Å². The summed E-state index contributed by atoms with van der Waals surface area (Å²) >= 11 is 0. The molecule has 1 rings (SSSR count). The summed E-state index contributed by atoms with van der Waals surface area (Å²) in [5, 5.41) is 0. The van der Waals surface area contributed by atoms with Crippen molar-refractivity contribution < 1.29 is 13.9 Å². The molecule has 1 atom stereocenters. The molecule has 0 fully saturated rings. The first kappa shape index (κ1) is 14.9. The van der Waals surface area contributed by atoms with Crippen LogP contribution in [0.15, 0.2) is 18.2 Å². The number of hydrogen-bond donors (Lipinski definition) is 1. The molecule has 0 aliphatic heterocycles. The second-order valence-corrected chi connectivity index (χ2v) is 5.28. The van der Waals surface area contributed by atoms with E-state index in [1.54, 1.807) is 13.0 Å². The molecule has 0 heterocycles. The Bertz CT molecular complexity index is 386. The van der Waals surface area contributed by atoms with Crippen LogP contribution in [-0.2, 0) is 4.74 Å². The predicted octanol–water partition coefficient (Wildman–Crippen LogP) is 3.04. The Hall–Kier alpha value is -1.13. The SMILES string of the molecule is C[C@H](N)c1cc(F)ccc1OCCOC(C)(C)C. The van der Waals surface area contributed by atoms with Gasteiger partial charge in [-0.25, -0.2) is 4.39 Å². The molecular formula is C14H22FNO2. The van der Waals surface area contributed by atoms with Gasteiger partial charge in [-0.15, -0.1) is 0 Å². The molecule has 0 unspecified atom stereocenters. The molecule has 1 aromatic rings. The highest BCUT2D eigenvalue weighted by Crippen LogP contribution is 2.24. The van der Waals surface area contributed by atoms with Gasteiger partial charge in [-0.2, -0.15) is 0 Å². The number of rotatable bonds is 5. The van der Waals surface area contributed by atoms with Gasteiger partial charge in [0.15, 0.2) is 0 Å². The lowest BCUT2D eigenvalue weighted by atomic mass is 10.1. The van der Waals surface area contributed by atoms with Gasteiger partial charge in [-0.05, 0) is 45.9 Å². The first-order chi connectivity index (χ1) is 8.29. The van der Waals surface area contributed by atoms with Gasteiger partial charge < -0.3 is 15.2 Å². The average Bonchev–Trinajstić information content (AvgIpc) is 2.24. The Balaban J connectivity index is 2.57. The summed E-state index contributed by atoms with van der Waals surface area (Å²) in [5.74, 6) is 0.310. The van der Waals surface area contributed by atoms with Crippen molar-refractivity contribution in [1.29, 1.82) is 0 Å². The van der Waals surface area contributed by atoms with E-state index in [4.69, 9.17) is 15.2 Å². The second-order valence-electron chi connectivity index (χ2n) is 5.28. The van der Waals surface area contributed by atoms with Gasteiger partial charge in [-0.1, -0.05) is 0 Å². The lowest BCUT2D eigenvalue weighted by Gasteiger charge is -2.20. The zero-order valence-electron chi connectivity index (χ0n) is 11.5. The molecule has 1 aromatic carbocycles. The van der Waals surface area contributed by atoms with E-state index in [0.717, 1.165) is 0 Å². The first-order valence-electron chi connectivity index (χ1n) is 6.11. The highest BCUT2D eigenvalue weighted by atomic mass is 19.1. The third kappa shape index (κ3) is 5.02. The fourth-order valence-corrected chi connectivity index (χ4v) is 1.51. The fraction of sp³-hybridized carbons (Fsp3) is 0.571. The predicted molar refractivity (Wildman–Crippen MR) is 70.2 cm³/mol. The highest BCUT2D eigenvalue weighted by Gasteiger charge is 2.11. The van der Waals surface area contributed by atoms with E-state index < -0.39 is 0 Å². The molecule has 2 N–H and O–H groups in total. The summed E-state index contributed by atoms with van der Waals surface area (Å²) in [6.45, 7) is 8.66. The molecular weight excluding hydrogens is 233 g/mol.